The molecule has 2 nitrogen and oxygen atoms in total. The Labute approximate surface area is 321 Å². The van der Waals surface area contributed by atoms with Crippen LogP contribution in [0, 0.1) is 17.8 Å². The standard InChI is InChI=1S/C52H50N2/c1-5-13-45(14-6-1)53(46-15-7-2-8-16-46)49-27-21-43(22-28-49)52(31-11-4-12-32-52)44-23-29-50(30-24-44)54(47-17-9-3-10-18-47)48-25-19-42(20-26-48)51-36-39-33-40(37-51)35-41(34-39)38-51/h1-11,13-30,39-41H,12,31-38H2. The monoisotopic (exact) mass is 702 g/mol. The van der Waals surface area contributed by atoms with E-state index in [4.69, 9.17) is 0 Å². The number of anilines is 6. The van der Waals surface area contributed by atoms with Crippen LogP contribution in [0.2, 0.25) is 0 Å². The highest BCUT2D eigenvalue weighted by molar-refractivity contribution is 5.78. The Bertz CT molecular complexity index is 2130. The van der Waals surface area contributed by atoms with Crippen LogP contribution in [0.15, 0.2) is 176 Å². The summed E-state index contributed by atoms with van der Waals surface area (Å²) in [5, 5.41) is 0. The number of para-hydroxylation sites is 3. The average Bonchev–Trinajstić information content (AvgIpc) is 3.23. The number of allylic oxidation sites excluding steroid dienone is 2. The lowest BCUT2D eigenvalue weighted by Gasteiger charge is -2.57. The number of rotatable bonds is 9. The first-order valence-electron chi connectivity index (χ1n) is 20.4. The van der Waals surface area contributed by atoms with Crippen molar-refractivity contribution in [3.05, 3.63) is 193 Å². The van der Waals surface area contributed by atoms with Gasteiger partial charge in [0.15, 0.2) is 0 Å². The highest BCUT2D eigenvalue weighted by atomic mass is 15.1. The summed E-state index contributed by atoms with van der Waals surface area (Å²) in [4.78, 5) is 4.79. The fourth-order valence-electron chi connectivity index (χ4n) is 11.4. The average molecular weight is 703 g/mol. The molecule has 0 aliphatic heterocycles. The van der Waals surface area contributed by atoms with Gasteiger partial charge in [-0.1, -0.05) is 103 Å². The molecule has 0 spiro atoms. The molecule has 0 amide bonds. The molecule has 1 atom stereocenters. The van der Waals surface area contributed by atoms with Crippen molar-refractivity contribution in [2.24, 2.45) is 17.8 Å². The van der Waals surface area contributed by atoms with Gasteiger partial charge in [0.25, 0.3) is 0 Å². The fourth-order valence-corrected chi connectivity index (χ4v) is 11.4. The van der Waals surface area contributed by atoms with Crippen molar-refractivity contribution in [1.29, 1.82) is 0 Å². The second-order valence-electron chi connectivity index (χ2n) is 16.8. The summed E-state index contributed by atoms with van der Waals surface area (Å²) >= 11 is 0. The summed E-state index contributed by atoms with van der Waals surface area (Å²) in [6, 6.07) is 61.0. The maximum Gasteiger partial charge on any atom is 0.0461 e. The Morgan fingerprint density at radius 2 is 0.722 bits per heavy atom. The highest BCUT2D eigenvalue weighted by Crippen LogP contribution is 2.61. The predicted molar refractivity (Wildman–Crippen MR) is 226 cm³/mol. The molecule has 0 radical (unpaired) electrons. The molecule has 4 fully saturated rings. The number of nitrogens with zero attached hydrogens (tertiary/aromatic N) is 2. The van der Waals surface area contributed by atoms with Crippen molar-refractivity contribution in [2.45, 2.75) is 68.6 Å². The van der Waals surface area contributed by atoms with Crippen molar-refractivity contribution >= 4 is 34.1 Å². The molecule has 5 aliphatic carbocycles. The SMILES string of the molecule is C1=CCC(c2ccc(N(c3ccccc3)c3ccccc3)cc2)(c2ccc(N(c3ccccc3)c3ccc(C45CC6CC(CC(C6)C4)C5)cc3)cc2)CC1. The molecule has 0 heterocycles. The molecule has 268 valence electrons. The van der Waals surface area contributed by atoms with E-state index in [9.17, 15) is 0 Å². The van der Waals surface area contributed by atoms with E-state index in [0.717, 1.165) is 48.4 Å². The van der Waals surface area contributed by atoms with Crippen LogP contribution in [0.1, 0.15) is 74.5 Å². The summed E-state index contributed by atoms with van der Waals surface area (Å²) in [5.41, 5.74) is 11.8. The Kier molecular flexibility index (Phi) is 8.51. The molecule has 0 saturated heterocycles. The van der Waals surface area contributed by atoms with Crippen LogP contribution < -0.4 is 9.80 Å². The number of hydrogen-bond donors (Lipinski definition) is 0. The van der Waals surface area contributed by atoms with Crippen LogP contribution >= 0.6 is 0 Å². The van der Waals surface area contributed by atoms with Gasteiger partial charge in [-0.15, -0.1) is 0 Å². The topological polar surface area (TPSA) is 6.48 Å². The second-order valence-corrected chi connectivity index (χ2v) is 16.8. The molecule has 1 unspecified atom stereocenters. The van der Waals surface area contributed by atoms with Crippen LogP contribution in [-0.4, -0.2) is 0 Å². The van der Waals surface area contributed by atoms with E-state index in [-0.39, 0.29) is 5.41 Å². The zero-order chi connectivity index (χ0) is 36.0. The summed E-state index contributed by atoms with van der Waals surface area (Å²) in [7, 11) is 0. The minimum Gasteiger partial charge on any atom is -0.311 e. The molecule has 6 aromatic rings. The molecule has 0 aromatic heterocycles. The molecule has 0 N–H and O–H groups in total. The lowest BCUT2D eigenvalue weighted by Crippen LogP contribution is -2.48. The minimum absolute atomic E-state index is 0.0762. The second kappa shape index (κ2) is 13.8. The van der Waals surface area contributed by atoms with Gasteiger partial charge in [0.2, 0.25) is 0 Å². The Morgan fingerprint density at radius 3 is 1.07 bits per heavy atom. The number of benzene rings is 6. The van der Waals surface area contributed by atoms with Crippen molar-refractivity contribution in [3.8, 4) is 0 Å². The first kappa shape index (κ1) is 33.2. The molecule has 4 bridgehead atoms. The van der Waals surface area contributed by atoms with Crippen LogP contribution in [0.3, 0.4) is 0 Å². The third-order valence-corrected chi connectivity index (χ3v) is 13.5. The number of hydrogen-bond acceptors (Lipinski definition) is 2. The van der Waals surface area contributed by atoms with Crippen molar-refractivity contribution < 1.29 is 0 Å². The van der Waals surface area contributed by atoms with Crippen LogP contribution in [0.4, 0.5) is 34.1 Å². The molecule has 11 rings (SSSR count). The molecule has 4 saturated carbocycles. The van der Waals surface area contributed by atoms with E-state index in [2.05, 4.69) is 186 Å². The van der Waals surface area contributed by atoms with Gasteiger partial charge in [-0.25, -0.2) is 0 Å². The van der Waals surface area contributed by atoms with Crippen LogP contribution in [0.25, 0.3) is 0 Å². The van der Waals surface area contributed by atoms with Gasteiger partial charge in [0.05, 0.1) is 0 Å². The Hall–Kier alpha value is -5.34. The van der Waals surface area contributed by atoms with E-state index < -0.39 is 0 Å². The quantitative estimate of drug-likeness (QED) is 0.138. The predicted octanol–water partition coefficient (Wildman–Crippen LogP) is 14.1. The molecule has 54 heavy (non-hydrogen) atoms. The van der Waals surface area contributed by atoms with Gasteiger partial charge in [-0.3, -0.25) is 0 Å². The Morgan fingerprint density at radius 1 is 0.370 bits per heavy atom. The normalized spacial score (nSPS) is 25.4. The smallest absolute Gasteiger partial charge is 0.0461 e. The fraction of sp³-hybridized carbons (Fsp3) is 0.269. The van der Waals surface area contributed by atoms with Gasteiger partial charge >= 0.3 is 0 Å². The van der Waals surface area contributed by atoms with E-state index in [1.165, 1.54) is 72.4 Å². The molecule has 5 aliphatic rings. The first-order valence-corrected chi connectivity index (χ1v) is 20.4. The summed E-state index contributed by atoms with van der Waals surface area (Å²) in [5.74, 6) is 2.86. The zero-order valence-electron chi connectivity index (χ0n) is 31.2. The lowest BCUT2D eigenvalue weighted by atomic mass is 9.48. The maximum atomic E-state index is 2.48. The minimum atomic E-state index is -0.0762. The molecular weight excluding hydrogens is 653 g/mol. The maximum absolute atomic E-state index is 2.48. The largest absolute Gasteiger partial charge is 0.311 e. The van der Waals surface area contributed by atoms with Crippen molar-refractivity contribution in [1.82, 2.24) is 0 Å². The lowest BCUT2D eigenvalue weighted by molar-refractivity contribution is -0.00518. The van der Waals surface area contributed by atoms with E-state index in [1.807, 2.05) is 0 Å². The highest BCUT2D eigenvalue weighted by Gasteiger charge is 2.51. The van der Waals surface area contributed by atoms with Crippen molar-refractivity contribution in [2.75, 3.05) is 9.80 Å². The Balaban J connectivity index is 0.973. The van der Waals surface area contributed by atoms with Crippen LogP contribution in [0.5, 0.6) is 0 Å². The van der Waals surface area contributed by atoms with Gasteiger partial charge in [-0.2, -0.15) is 0 Å². The summed E-state index contributed by atoms with van der Waals surface area (Å²) < 4.78 is 0. The van der Waals surface area contributed by atoms with Gasteiger partial charge in [0.1, 0.15) is 0 Å². The van der Waals surface area contributed by atoms with E-state index in [1.54, 1.807) is 5.56 Å². The molecule has 6 aromatic carbocycles. The third-order valence-electron chi connectivity index (χ3n) is 13.5. The van der Waals surface area contributed by atoms with Crippen molar-refractivity contribution in [3.63, 3.8) is 0 Å². The van der Waals surface area contributed by atoms with Gasteiger partial charge < -0.3 is 9.80 Å². The van der Waals surface area contributed by atoms with E-state index >= 15 is 0 Å². The third kappa shape index (κ3) is 5.97. The first-order chi connectivity index (χ1) is 26.7. The summed E-state index contributed by atoms with van der Waals surface area (Å²) in [6.45, 7) is 0. The summed E-state index contributed by atoms with van der Waals surface area (Å²) in [6.07, 6.45) is 16.6. The van der Waals surface area contributed by atoms with E-state index in [0.29, 0.717) is 5.41 Å². The van der Waals surface area contributed by atoms with Gasteiger partial charge in [-0.05, 0) is 170 Å². The molecular formula is C52H50N2. The van der Waals surface area contributed by atoms with Gasteiger partial charge in [0, 0.05) is 39.5 Å². The molecule has 2 heteroatoms. The zero-order valence-corrected chi connectivity index (χ0v) is 31.2. The van der Waals surface area contributed by atoms with Crippen LogP contribution in [-0.2, 0) is 10.8 Å².